The molecule has 3 aromatic rings. The lowest BCUT2D eigenvalue weighted by atomic mass is 10.1. The number of ether oxygens (including phenoxy) is 2. The topological polar surface area (TPSA) is 56.6 Å². The number of hydrogen-bond acceptors (Lipinski definition) is 4. The molecule has 150 valence electrons. The second-order valence-electron chi connectivity index (χ2n) is 6.36. The third-order valence-corrected chi connectivity index (χ3v) is 4.59. The molecule has 0 aliphatic heterocycles. The number of anilines is 1. The van der Waals surface area contributed by atoms with E-state index in [0.717, 1.165) is 11.1 Å². The minimum Gasteiger partial charge on any atom is -0.497 e. The fourth-order valence-corrected chi connectivity index (χ4v) is 3.06. The van der Waals surface area contributed by atoms with Gasteiger partial charge in [0, 0.05) is 36.0 Å². The zero-order valence-corrected chi connectivity index (χ0v) is 17.3. The Kier molecular flexibility index (Phi) is 6.57. The molecular weight excluding hydrogens is 390 g/mol. The van der Waals surface area contributed by atoms with Crippen molar-refractivity contribution < 1.29 is 14.3 Å². The van der Waals surface area contributed by atoms with Gasteiger partial charge in [-0.1, -0.05) is 23.7 Å². The zero-order chi connectivity index (χ0) is 20.8. The highest BCUT2D eigenvalue weighted by Crippen LogP contribution is 2.27. The number of amides is 1. The van der Waals surface area contributed by atoms with E-state index in [0.29, 0.717) is 28.8 Å². The maximum atomic E-state index is 13.0. The number of benzene rings is 2. The van der Waals surface area contributed by atoms with E-state index in [2.05, 4.69) is 5.10 Å². The van der Waals surface area contributed by atoms with E-state index in [1.165, 1.54) is 6.08 Å². The number of methoxy groups -OCH3 is 2. The highest BCUT2D eigenvalue weighted by atomic mass is 35.5. The second kappa shape index (κ2) is 9.30. The third-order valence-electron chi connectivity index (χ3n) is 4.36. The molecule has 7 heteroatoms. The van der Waals surface area contributed by atoms with Crippen molar-refractivity contribution >= 4 is 29.3 Å². The molecule has 0 saturated heterocycles. The summed E-state index contributed by atoms with van der Waals surface area (Å²) in [5, 5.41) is 4.81. The first-order chi connectivity index (χ1) is 14.0. The van der Waals surface area contributed by atoms with Gasteiger partial charge in [-0.25, -0.2) is 0 Å². The molecule has 3 rings (SSSR count). The van der Waals surface area contributed by atoms with Crippen LogP contribution in [0.4, 0.5) is 5.69 Å². The standard InChI is InChI=1S/C22H22ClN3O3/c1-25-15-19(13-24-25)26(14-17-8-9-20(28-2)12-21(17)29-3)22(27)10-7-16-5-4-6-18(23)11-16/h4-13,15H,14H2,1-3H3. The van der Waals surface area contributed by atoms with Gasteiger partial charge in [0.25, 0.3) is 5.91 Å². The normalized spacial score (nSPS) is 10.9. The summed E-state index contributed by atoms with van der Waals surface area (Å²) >= 11 is 6.02. The molecular formula is C22H22ClN3O3. The smallest absolute Gasteiger partial charge is 0.251 e. The molecule has 0 spiro atoms. The minimum atomic E-state index is -0.184. The Bertz CT molecular complexity index is 1030. The quantitative estimate of drug-likeness (QED) is 0.543. The molecule has 1 heterocycles. The predicted molar refractivity (Wildman–Crippen MR) is 114 cm³/mol. The first kappa shape index (κ1) is 20.5. The molecule has 0 unspecified atom stereocenters. The summed E-state index contributed by atoms with van der Waals surface area (Å²) in [5.74, 6) is 1.14. The van der Waals surface area contributed by atoms with Gasteiger partial charge in [-0.05, 0) is 35.9 Å². The van der Waals surface area contributed by atoms with Crippen LogP contribution in [0.2, 0.25) is 5.02 Å². The van der Waals surface area contributed by atoms with Crippen LogP contribution in [-0.2, 0) is 18.4 Å². The Morgan fingerprint density at radius 3 is 2.69 bits per heavy atom. The first-order valence-electron chi connectivity index (χ1n) is 8.95. The highest BCUT2D eigenvalue weighted by Gasteiger charge is 2.18. The molecule has 6 nitrogen and oxygen atoms in total. The van der Waals surface area contributed by atoms with Crippen molar-refractivity contribution in [2.75, 3.05) is 19.1 Å². The number of hydrogen-bond donors (Lipinski definition) is 0. The molecule has 0 aliphatic rings. The van der Waals surface area contributed by atoms with E-state index < -0.39 is 0 Å². The largest absolute Gasteiger partial charge is 0.497 e. The summed E-state index contributed by atoms with van der Waals surface area (Å²) in [5.41, 5.74) is 2.38. The lowest BCUT2D eigenvalue weighted by Gasteiger charge is -2.21. The van der Waals surface area contributed by atoms with Crippen LogP contribution in [0, 0.1) is 0 Å². The van der Waals surface area contributed by atoms with Crippen molar-refractivity contribution in [3.05, 3.63) is 77.1 Å². The summed E-state index contributed by atoms with van der Waals surface area (Å²) in [6.07, 6.45) is 6.71. The van der Waals surface area contributed by atoms with Gasteiger partial charge in [0.05, 0.1) is 32.6 Å². The molecule has 0 fully saturated rings. The van der Waals surface area contributed by atoms with Gasteiger partial charge in [-0.3, -0.25) is 9.48 Å². The Labute approximate surface area is 174 Å². The number of carbonyl (C=O) groups excluding carboxylic acids is 1. The van der Waals surface area contributed by atoms with Crippen LogP contribution < -0.4 is 14.4 Å². The SMILES string of the molecule is COc1ccc(CN(C(=O)C=Cc2cccc(Cl)c2)c2cnn(C)c2)c(OC)c1. The van der Waals surface area contributed by atoms with Crippen molar-refractivity contribution in [2.45, 2.75) is 6.54 Å². The highest BCUT2D eigenvalue weighted by molar-refractivity contribution is 6.30. The van der Waals surface area contributed by atoms with Crippen molar-refractivity contribution in [3.8, 4) is 11.5 Å². The fraction of sp³-hybridized carbons (Fsp3) is 0.182. The summed E-state index contributed by atoms with van der Waals surface area (Å²) in [6.45, 7) is 0.317. The average molecular weight is 412 g/mol. The number of aryl methyl sites for hydroxylation is 1. The van der Waals surface area contributed by atoms with Crippen LogP contribution in [0.1, 0.15) is 11.1 Å². The van der Waals surface area contributed by atoms with Gasteiger partial charge in [0.15, 0.2) is 0 Å². The molecule has 2 aromatic carbocycles. The van der Waals surface area contributed by atoms with Gasteiger partial charge in [-0.2, -0.15) is 5.10 Å². The Balaban J connectivity index is 1.90. The van der Waals surface area contributed by atoms with Gasteiger partial charge in [0.1, 0.15) is 11.5 Å². The number of nitrogens with zero attached hydrogens (tertiary/aromatic N) is 3. The maximum absolute atomic E-state index is 13.0. The summed E-state index contributed by atoms with van der Waals surface area (Å²) in [4.78, 5) is 14.7. The number of rotatable bonds is 7. The number of carbonyl (C=O) groups is 1. The lowest BCUT2D eigenvalue weighted by molar-refractivity contribution is -0.114. The van der Waals surface area contributed by atoms with Gasteiger partial charge in [0.2, 0.25) is 0 Å². The molecule has 0 atom stereocenters. The summed E-state index contributed by atoms with van der Waals surface area (Å²) in [6, 6.07) is 12.8. The van der Waals surface area contributed by atoms with Gasteiger partial charge >= 0.3 is 0 Å². The van der Waals surface area contributed by atoms with Crippen LogP contribution in [0.3, 0.4) is 0 Å². The molecule has 0 saturated carbocycles. The Morgan fingerprint density at radius 1 is 1.21 bits per heavy atom. The van der Waals surface area contributed by atoms with Crippen LogP contribution in [-0.4, -0.2) is 29.9 Å². The van der Waals surface area contributed by atoms with E-state index in [9.17, 15) is 4.79 Å². The van der Waals surface area contributed by atoms with Crippen molar-refractivity contribution in [1.29, 1.82) is 0 Å². The average Bonchev–Trinajstić information content (AvgIpc) is 3.16. The van der Waals surface area contributed by atoms with Crippen LogP contribution >= 0.6 is 11.6 Å². The second-order valence-corrected chi connectivity index (χ2v) is 6.80. The van der Waals surface area contributed by atoms with E-state index in [-0.39, 0.29) is 5.91 Å². The Hall–Kier alpha value is -3.25. The van der Waals surface area contributed by atoms with E-state index in [1.807, 2.05) is 31.3 Å². The molecule has 1 aromatic heterocycles. The van der Waals surface area contributed by atoms with Crippen molar-refractivity contribution in [2.24, 2.45) is 7.05 Å². The zero-order valence-electron chi connectivity index (χ0n) is 16.5. The monoisotopic (exact) mass is 411 g/mol. The predicted octanol–water partition coefficient (Wildman–Crippen LogP) is 4.34. The first-order valence-corrected chi connectivity index (χ1v) is 9.32. The van der Waals surface area contributed by atoms with E-state index >= 15 is 0 Å². The van der Waals surface area contributed by atoms with Crippen LogP contribution in [0.15, 0.2) is 60.9 Å². The summed E-state index contributed by atoms with van der Waals surface area (Å²) < 4.78 is 12.4. The van der Waals surface area contributed by atoms with Gasteiger partial charge < -0.3 is 14.4 Å². The molecule has 0 N–H and O–H groups in total. The Morgan fingerprint density at radius 2 is 2.03 bits per heavy atom. The molecule has 0 aliphatic carbocycles. The molecule has 29 heavy (non-hydrogen) atoms. The van der Waals surface area contributed by atoms with E-state index in [4.69, 9.17) is 21.1 Å². The molecule has 0 bridgehead atoms. The summed E-state index contributed by atoms with van der Waals surface area (Å²) in [7, 11) is 5.00. The number of aromatic nitrogens is 2. The van der Waals surface area contributed by atoms with Crippen molar-refractivity contribution in [3.63, 3.8) is 0 Å². The third kappa shape index (κ3) is 5.18. The number of halogens is 1. The molecule has 0 radical (unpaired) electrons. The molecule has 1 amide bonds. The lowest BCUT2D eigenvalue weighted by Crippen LogP contribution is -2.28. The maximum Gasteiger partial charge on any atom is 0.251 e. The minimum absolute atomic E-state index is 0.184. The fourth-order valence-electron chi connectivity index (χ4n) is 2.86. The van der Waals surface area contributed by atoms with Crippen molar-refractivity contribution in [1.82, 2.24) is 9.78 Å². The van der Waals surface area contributed by atoms with Crippen LogP contribution in [0.5, 0.6) is 11.5 Å². The van der Waals surface area contributed by atoms with Gasteiger partial charge in [-0.15, -0.1) is 0 Å². The van der Waals surface area contributed by atoms with Crippen LogP contribution in [0.25, 0.3) is 6.08 Å². The van der Waals surface area contributed by atoms with E-state index in [1.54, 1.807) is 60.5 Å².